The van der Waals surface area contributed by atoms with Crippen LogP contribution in [0.2, 0.25) is 5.02 Å². The van der Waals surface area contributed by atoms with E-state index in [1.165, 1.54) is 0 Å². The Morgan fingerprint density at radius 2 is 1.73 bits per heavy atom. The van der Waals surface area contributed by atoms with Crippen LogP contribution in [0.4, 0.5) is 10.5 Å². The molecule has 0 radical (unpaired) electrons. The Bertz CT molecular complexity index is 1370. The molecule has 7 heteroatoms. The Kier molecular flexibility index (Phi) is 6.47. The van der Waals surface area contributed by atoms with Gasteiger partial charge in [0.15, 0.2) is 0 Å². The van der Waals surface area contributed by atoms with E-state index in [-0.39, 0.29) is 11.6 Å². The van der Waals surface area contributed by atoms with Gasteiger partial charge in [0.25, 0.3) is 5.56 Å². The van der Waals surface area contributed by atoms with Gasteiger partial charge in [-0.1, -0.05) is 41.9 Å². The molecule has 6 nitrogen and oxygen atoms in total. The molecule has 1 atom stereocenters. The van der Waals surface area contributed by atoms with Crippen LogP contribution in [0.3, 0.4) is 0 Å². The van der Waals surface area contributed by atoms with Gasteiger partial charge in [0, 0.05) is 17.3 Å². The number of nitrogens with one attached hydrogen (secondary N) is 1. The Morgan fingerprint density at radius 1 is 1.06 bits per heavy atom. The number of rotatable bonds is 5. The molecule has 4 aromatic rings. The molecule has 2 amide bonds. The quantitative estimate of drug-likeness (QED) is 0.399. The summed E-state index contributed by atoms with van der Waals surface area (Å²) in [6, 6.07) is 21.1. The third kappa shape index (κ3) is 4.47. The smallest absolute Gasteiger partial charge is 0.315 e. The van der Waals surface area contributed by atoms with Crippen LogP contribution in [-0.2, 0) is 0 Å². The van der Waals surface area contributed by atoms with Crippen LogP contribution in [-0.4, -0.2) is 27.0 Å². The van der Waals surface area contributed by atoms with Gasteiger partial charge < -0.3 is 10.2 Å². The van der Waals surface area contributed by atoms with Gasteiger partial charge in [0.05, 0.1) is 22.6 Å². The summed E-state index contributed by atoms with van der Waals surface area (Å²) >= 11 is 5.96. The van der Waals surface area contributed by atoms with Crippen LogP contribution < -0.4 is 10.9 Å². The molecule has 0 spiro atoms. The minimum Gasteiger partial charge on any atom is -0.315 e. The summed E-state index contributed by atoms with van der Waals surface area (Å²) in [5, 5.41) is 4.03. The molecule has 3 aromatic carbocycles. The summed E-state index contributed by atoms with van der Waals surface area (Å²) in [6.07, 6.45) is 0. The van der Waals surface area contributed by atoms with E-state index in [1.54, 1.807) is 39.8 Å². The van der Waals surface area contributed by atoms with E-state index in [0.29, 0.717) is 34.0 Å². The first kappa shape index (κ1) is 22.6. The molecule has 1 N–H and O–H groups in total. The second kappa shape index (κ2) is 9.46. The monoisotopic (exact) mass is 460 g/mol. The van der Waals surface area contributed by atoms with E-state index in [4.69, 9.17) is 16.6 Å². The van der Waals surface area contributed by atoms with Gasteiger partial charge in [-0.2, -0.15) is 0 Å². The molecule has 1 heterocycles. The number of carbonyl (C=O) groups excluding carboxylic acids is 1. The van der Waals surface area contributed by atoms with Gasteiger partial charge in [0.1, 0.15) is 5.82 Å². The molecule has 0 saturated heterocycles. The molecule has 4 rings (SSSR count). The van der Waals surface area contributed by atoms with Crippen molar-refractivity contribution in [2.24, 2.45) is 0 Å². The maximum atomic E-state index is 13.6. The van der Waals surface area contributed by atoms with Crippen LogP contribution in [0.1, 0.15) is 31.3 Å². The number of benzene rings is 3. The first-order valence-electron chi connectivity index (χ1n) is 10.8. The van der Waals surface area contributed by atoms with Gasteiger partial charge in [-0.15, -0.1) is 0 Å². The maximum absolute atomic E-state index is 13.6. The number of hydrogen-bond acceptors (Lipinski definition) is 3. The Morgan fingerprint density at radius 3 is 2.42 bits per heavy atom. The molecule has 0 aliphatic carbocycles. The van der Waals surface area contributed by atoms with Crippen molar-refractivity contribution in [1.82, 2.24) is 14.5 Å². The number of aromatic nitrogens is 2. The zero-order valence-corrected chi connectivity index (χ0v) is 19.5. The molecule has 0 aliphatic rings. The number of halogens is 1. The minimum atomic E-state index is -0.473. The molecular weight excluding hydrogens is 436 g/mol. The fourth-order valence-electron chi connectivity index (χ4n) is 3.94. The molecule has 1 unspecified atom stereocenters. The topological polar surface area (TPSA) is 67.2 Å². The van der Waals surface area contributed by atoms with Crippen molar-refractivity contribution < 1.29 is 4.79 Å². The lowest BCUT2D eigenvalue weighted by Gasteiger charge is -2.30. The number of carbonyl (C=O) groups is 1. The second-order valence-electron chi connectivity index (χ2n) is 7.81. The molecule has 1 aromatic heterocycles. The average molecular weight is 461 g/mol. The standard InChI is InChI=1S/C26H25ClN4O2/c1-4-30(26(33)28-20-15-13-19(27)14-16-20)18(3)24-29-22-11-7-6-10-21(22)25(32)31(24)23-12-8-5-9-17(23)2/h5-16,18H,4H2,1-3H3,(H,28,33). The molecular formula is C26H25ClN4O2. The van der Waals surface area contributed by atoms with Gasteiger partial charge in [0.2, 0.25) is 0 Å². The number of para-hydroxylation sites is 2. The number of amides is 2. The highest BCUT2D eigenvalue weighted by Crippen LogP contribution is 2.25. The highest BCUT2D eigenvalue weighted by molar-refractivity contribution is 6.30. The fraction of sp³-hybridized carbons (Fsp3) is 0.192. The first-order chi connectivity index (χ1) is 15.9. The maximum Gasteiger partial charge on any atom is 0.322 e. The summed E-state index contributed by atoms with van der Waals surface area (Å²) in [5.74, 6) is 0.501. The van der Waals surface area contributed by atoms with Crippen molar-refractivity contribution in [1.29, 1.82) is 0 Å². The predicted molar refractivity (Wildman–Crippen MR) is 133 cm³/mol. The number of aryl methyl sites for hydroxylation is 1. The highest BCUT2D eigenvalue weighted by atomic mass is 35.5. The molecule has 0 fully saturated rings. The third-order valence-electron chi connectivity index (χ3n) is 5.70. The van der Waals surface area contributed by atoms with Crippen LogP contribution in [0.25, 0.3) is 16.6 Å². The summed E-state index contributed by atoms with van der Waals surface area (Å²) in [6.45, 7) is 6.17. The van der Waals surface area contributed by atoms with Crippen LogP contribution >= 0.6 is 11.6 Å². The Hall–Kier alpha value is -3.64. The summed E-state index contributed by atoms with van der Waals surface area (Å²) < 4.78 is 1.63. The van der Waals surface area contributed by atoms with E-state index in [0.717, 1.165) is 11.3 Å². The van der Waals surface area contributed by atoms with Crippen molar-refractivity contribution in [3.63, 3.8) is 0 Å². The van der Waals surface area contributed by atoms with E-state index in [2.05, 4.69) is 5.32 Å². The SMILES string of the molecule is CCN(C(=O)Nc1ccc(Cl)cc1)C(C)c1nc2ccccc2c(=O)n1-c1ccccc1C. The van der Waals surface area contributed by atoms with Crippen LogP contribution in [0, 0.1) is 6.92 Å². The second-order valence-corrected chi connectivity index (χ2v) is 8.25. The molecule has 0 aliphatic heterocycles. The predicted octanol–water partition coefficient (Wildman–Crippen LogP) is 5.96. The molecule has 168 valence electrons. The number of anilines is 1. The highest BCUT2D eigenvalue weighted by Gasteiger charge is 2.26. The van der Waals surface area contributed by atoms with Gasteiger partial charge in [-0.25, -0.2) is 9.78 Å². The van der Waals surface area contributed by atoms with E-state index in [9.17, 15) is 9.59 Å². The van der Waals surface area contributed by atoms with Crippen molar-refractivity contribution in [3.8, 4) is 5.69 Å². The van der Waals surface area contributed by atoms with Crippen molar-refractivity contribution >= 4 is 34.2 Å². The summed E-state index contributed by atoms with van der Waals surface area (Å²) in [5.41, 5.74) is 2.77. The van der Waals surface area contributed by atoms with Crippen molar-refractivity contribution in [2.45, 2.75) is 26.8 Å². The zero-order valence-electron chi connectivity index (χ0n) is 18.7. The number of hydrogen-bond donors (Lipinski definition) is 1. The molecule has 33 heavy (non-hydrogen) atoms. The van der Waals surface area contributed by atoms with Crippen molar-refractivity contribution in [3.05, 3.63) is 99.6 Å². The van der Waals surface area contributed by atoms with Gasteiger partial charge in [-0.05, 0) is 68.8 Å². The van der Waals surface area contributed by atoms with Crippen molar-refractivity contribution in [2.75, 3.05) is 11.9 Å². The van der Waals surface area contributed by atoms with E-state index in [1.807, 2.05) is 63.2 Å². The zero-order chi connectivity index (χ0) is 23.5. The lowest BCUT2D eigenvalue weighted by molar-refractivity contribution is 0.193. The number of nitrogens with zero attached hydrogens (tertiary/aromatic N) is 3. The van der Waals surface area contributed by atoms with E-state index < -0.39 is 6.04 Å². The number of urea groups is 1. The Labute approximate surface area is 197 Å². The number of fused-ring (bicyclic) bond motifs is 1. The molecule has 0 bridgehead atoms. The lowest BCUT2D eigenvalue weighted by atomic mass is 10.1. The van der Waals surface area contributed by atoms with Crippen LogP contribution in [0.15, 0.2) is 77.6 Å². The van der Waals surface area contributed by atoms with Crippen LogP contribution in [0.5, 0.6) is 0 Å². The largest absolute Gasteiger partial charge is 0.322 e. The molecule has 0 saturated carbocycles. The third-order valence-corrected chi connectivity index (χ3v) is 5.95. The average Bonchev–Trinajstić information content (AvgIpc) is 2.81. The minimum absolute atomic E-state index is 0.161. The van der Waals surface area contributed by atoms with Gasteiger partial charge >= 0.3 is 6.03 Å². The fourth-order valence-corrected chi connectivity index (χ4v) is 4.06. The normalized spacial score (nSPS) is 11.9. The summed E-state index contributed by atoms with van der Waals surface area (Å²) in [4.78, 5) is 33.3. The summed E-state index contributed by atoms with van der Waals surface area (Å²) in [7, 11) is 0. The first-order valence-corrected chi connectivity index (χ1v) is 11.2. The lowest BCUT2D eigenvalue weighted by Crippen LogP contribution is -2.39. The Balaban J connectivity index is 1.82. The van der Waals surface area contributed by atoms with Gasteiger partial charge in [-0.3, -0.25) is 9.36 Å². The van der Waals surface area contributed by atoms with E-state index >= 15 is 0 Å².